The minimum atomic E-state index is -0.404. The molecule has 0 saturated heterocycles. The van der Waals surface area contributed by atoms with Crippen molar-refractivity contribution < 1.29 is 4.79 Å². The molecule has 3 nitrogen and oxygen atoms in total. The SMILES string of the molecule is CC1(C)CCC(NC(=O)C(N)CCc2ccccc2)C1. The van der Waals surface area contributed by atoms with Crippen LogP contribution in [0.2, 0.25) is 0 Å². The highest BCUT2D eigenvalue weighted by Crippen LogP contribution is 2.36. The van der Waals surface area contributed by atoms with Crippen LogP contribution in [0.15, 0.2) is 30.3 Å². The van der Waals surface area contributed by atoms with Gasteiger partial charge in [0.15, 0.2) is 0 Å². The molecule has 2 atom stereocenters. The molecule has 20 heavy (non-hydrogen) atoms. The minimum absolute atomic E-state index is 0.00336. The zero-order valence-corrected chi connectivity index (χ0v) is 12.6. The van der Waals surface area contributed by atoms with Crippen LogP contribution in [0.5, 0.6) is 0 Å². The standard InChI is InChI=1S/C17H26N2O/c1-17(2)11-10-14(12-17)19-16(20)15(18)9-8-13-6-4-3-5-7-13/h3-7,14-15H,8-12,18H2,1-2H3,(H,19,20). The molecule has 0 heterocycles. The normalized spacial score (nSPS) is 22.4. The zero-order valence-electron chi connectivity index (χ0n) is 12.6. The lowest BCUT2D eigenvalue weighted by Gasteiger charge is -2.19. The van der Waals surface area contributed by atoms with E-state index in [1.807, 2.05) is 18.2 Å². The van der Waals surface area contributed by atoms with E-state index in [4.69, 9.17) is 5.73 Å². The first-order valence-corrected chi connectivity index (χ1v) is 7.56. The zero-order chi connectivity index (χ0) is 14.6. The molecule has 1 aliphatic rings. The van der Waals surface area contributed by atoms with E-state index in [9.17, 15) is 4.79 Å². The average Bonchev–Trinajstić information content (AvgIpc) is 2.76. The monoisotopic (exact) mass is 274 g/mol. The average molecular weight is 274 g/mol. The van der Waals surface area contributed by atoms with Crippen LogP contribution in [0.4, 0.5) is 0 Å². The summed E-state index contributed by atoms with van der Waals surface area (Å²) in [7, 11) is 0. The number of carbonyl (C=O) groups is 1. The van der Waals surface area contributed by atoms with Crippen molar-refractivity contribution in [2.75, 3.05) is 0 Å². The molecule has 2 unspecified atom stereocenters. The van der Waals surface area contributed by atoms with Gasteiger partial charge in [-0.05, 0) is 43.1 Å². The number of nitrogens with one attached hydrogen (secondary N) is 1. The van der Waals surface area contributed by atoms with Crippen molar-refractivity contribution in [3.63, 3.8) is 0 Å². The molecule has 1 aromatic carbocycles. The van der Waals surface area contributed by atoms with Crippen LogP contribution in [0, 0.1) is 5.41 Å². The Bertz CT molecular complexity index is 442. The Kier molecular flexibility index (Phi) is 4.81. The highest BCUT2D eigenvalue weighted by Gasteiger charge is 2.32. The Morgan fingerprint density at radius 3 is 2.70 bits per heavy atom. The molecule has 1 aromatic rings. The van der Waals surface area contributed by atoms with Crippen LogP contribution in [-0.2, 0) is 11.2 Å². The second-order valence-corrected chi connectivity index (χ2v) is 6.74. The van der Waals surface area contributed by atoms with E-state index in [0.29, 0.717) is 17.9 Å². The largest absolute Gasteiger partial charge is 0.352 e. The summed E-state index contributed by atoms with van der Waals surface area (Å²) < 4.78 is 0. The molecule has 3 N–H and O–H groups in total. The first-order chi connectivity index (χ1) is 9.46. The van der Waals surface area contributed by atoms with E-state index in [1.54, 1.807) is 0 Å². The number of benzene rings is 1. The first-order valence-electron chi connectivity index (χ1n) is 7.56. The molecule has 0 bridgehead atoms. The topological polar surface area (TPSA) is 55.1 Å². The number of aryl methyl sites for hydroxylation is 1. The lowest BCUT2D eigenvalue weighted by atomic mass is 9.92. The van der Waals surface area contributed by atoms with E-state index in [2.05, 4.69) is 31.3 Å². The lowest BCUT2D eigenvalue weighted by molar-refractivity contribution is -0.123. The highest BCUT2D eigenvalue weighted by atomic mass is 16.2. The summed E-state index contributed by atoms with van der Waals surface area (Å²) in [4.78, 5) is 12.1. The fourth-order valence-electron chi connectivity index (χ4n) is 2.97. The third kappa shape index (κ3) is 4.34. The van der Waals surface area contributed by atoms with Crippen molar-refractivity contribution in [3.05, 3.63) is 35.9 Å². The van der Waals surface area contributed by atoms with Crippen LogP contribution >= 0.6 is 0 Å². The molecule has 1 aliphatic carbocycles. The Morgan fingerprint density at radius 1 is 1.40 bits per heavy atom. The van der Waals surface area contributed by atoms with E-state index >= 15 is 0 Å². The summed E-state index contributed by atoms with van der Waals surface area (Å²) in [5.74, 6) is 0.00336. The molecule has 3 heteroatoms. The van der Waals surface area contributed by atoms with Gasteiger partial charge in [-0.3, -0.25) is 4.79 Å². The number of carbonyl (C=O) groups excluding carboxylic acids is 1. The van der Waals surface area contributed by atoms with Crippen LogP contribution in [0.25, 0.3) is 0 Å². The Hall–Kier alpha value is -1.35. The maximum absolute atomic E-state index is 12.1. The van der Waals surface area contributed by atoms with Gasteiger partial charge < -0.3 is 11.1 Å². The predicted molar refractivity (Wildman–Crippen MR) is 82.3 cm³/mol. The molecule has 1 saturated carbocycles. The Labute approximate surface area is 121 Å². The molecule has 1 amide bonds. The summed E-state index contributed by atoms with van der Waals surface area (Å²) in [5, 5.41) is 3.11. The van der Waals surface area contributed by atoms with Crippen LogP contribution < -0.4 is 11.1 Å². The van der Waals surface area contributed by atoms with Gasteiger partial charge in [0, 0.05) is 6.04 Å². The molecular formula is C17H26N2O. The Balaban J connectivity index is 1.75. The molecule has 0 radical (unpaired) electrons. The lowest BCUT2D eigenvalue weighted by Crippen LogP contribution is -2.45. The van der Waals surface area contributed by atoms with Gasteiger partial charge in [-0.15, -0.1) is 0 Å². The molecule has 0 spiro atoms. The fourth-order valence-corrected chi connectivity index (χ4v) is 2.97. The van der Waals surface area contributed by atoms with Crippen molar-refractivity contribution >= 4 is 5.91 Å². The maximum atomic E-state index is 12.1. The van der Waals surface area contributed by atoms with Gasteiger partial charge in [0.2, 0.25) is 5.91 Å². The van der Waals surface area contributed by atoms with Gasteiger partial charge in [0.1, 0.15) is 0 Å². The summed E-state index contributed by atoms with van der Waals surface area (Å²) in [6, 6.07) is 10.1. The van der Waals surface area contributed by atoms with Gasteiger partial charge in [0.05, 0.1) is 6.04 Å². The number of rotatable bonds is 5. The second kappa shape index (κ2) is 6.40. The van der Waals surface area contributed by atoms with Crippen molar-refractivity contribution in [2.24, 2.45) is 11.1 Å². The van der Waals surface area contributed by atoms with Crippen molar-refractivity contribution in [1.29, 1.82) is 0 Å². The predicted octanol–water partition coefficient (Wildman–Crippen LogP) is 2.64. The molecule has 2 rings (SSSR count). The third-order valence-corrected chi connectivity index (χ3v) is 4.24. The third-order valence-electron chi connectivity index (χ3n) is 4.24. The van der Waals surface area contributed by atoms with Crippen LogP contribution in [-0.4, -0.2) is 18.0 Å². The quantitative estimate of drug-likeness (QED) is 0.867. The second-order valence-electron chi connectivity index (χ2n) is 6.74. The maximum Gasteiger partial charge on any atom is 0.237 e. The van der Waals surface area contributed by atoms with Crippen molar-refractivity contribution in [3.8, 4) is 0 Å². The molecule has 110 valence electrons. The van der Waals surface area contributed by atoms with Gasteiger partial charge in [-0.2, -0.15) is 0 Å². The number of hydrogen-bond donors (Lipinski definition) is 2. The van der Waals surface area contributed by atoms with E-state index in [1.165, 1.54) is 12.0 Å². The van der Waals surface area contributed by atoms with E-state index in [-0.39, 0.29) is 5.91 Å². The van der Waals surface area contributed by atoms with Gasteiger partial charge in [0.25, 0.3) is 0 Å². The van der Waals surface area contributed by atoms with E-state index < -0.39 is 6.04 Å². The number of nitrogens with two attached hydrogens (primary N) is 1. The fraction of sp³-hybridized carbons (Fsp3) is 0.588. The summed E-state index contributed by atoms with van der Waals surface area (Å²) in [5.41, 5.74) is 7.59. The van der Waals surface area contributed by atoms with Crippen molar-refractivity contribution in [2.45, 2.75) is 58.0 Å². The van der Waals surface area contributed by atoms with E-state index in [0.717, 1.165) is 19.3 Å². The van der Waals surface area contributed by atoms with Crippen LogP contribution in [0.1, 0.15) is 45.1 Å². The summed E-state index contributed by atoms with van der Waals surface area (Å²) in [6.07, 6.45) is 4.86. The summed E-state index contributed by atoms with van der Waals surface area (Å²) >= 11 is 0. The molecule has 0 aliphatic heterocycles. The van der Waals surface area contributed by atoms with Gasteiger partial charge in [-0.25, -0.2) is 0 Å². The molecular weight excluding hydrogens is 248 g/mol. The molecule has 0 aromatic heterocycles. The number of amides is 1. The first kappa shape index (κ1) is 15.0. The Morgan fingerprint density at radius 2 is 2.10 bits per heavy atom. The van der Waals surface area contributed by atoms with Gasteiger partial charge >= 0.3 is 0 Å². The smallest absolute Gasteiger partial charge is 0.237 e. The van der Waals surface area contributed by atoms with Gasteiger partial charge in [-0.1, -0.05) is 44.2 Å². The number of hydrogen-bond acceptors (Lipinski definition) is 2. The minimum Gasteiger partial charge on any atom is -0.352 e. The van der Waals surface area contributed by atoms with Crippen LogP contribution in [0.3, 0.4) is 0 Å². The summed E-state index contributed by atoms with van der Waals surface area (Å²) in [6.45, 7) is 4.52. The van der Waals surface area contributed by atoms with Crippen molar-refractivity contribution in [1.82, 2.24) is 5.32 Å². The highest BCUT2D eigenvalue weighted by molar-refractivity contribution is 5.81. The molecule has 1 fully saturated rings.